The number of carbonyl (C=O) groups excluding carboxylic acids is 1. The van der Waals surface area contributed by atoms with Crippen LogP contribution in [-0.4, -0.2) is 31.7 Å². The molecule has 1 aromatic heterocycles. The van der Waals surface area contributed by atoms with E-state index in [0.717, 1.165) is 16.7 Å². The van der Waals surface area contributed by atoms with Crippen molar-refractivity contribution in [3.63, 3.8) is 0 Å². The van der Waals surface area contributed by atoms with E-state index in [-0.39, 0.29) is 16.8 Å². The van der Waals surface area contributed by atoms with Gasteiger partial charge in [-0.1, -0.05) is 56.3 Å². The zero-order chi connectivity index (χ0) is 21.7. The van der Waals surface area contributed by atoms with Crippen LogP contribution in [0.5, 0.6) is 0 Å². The molecule has 7 heteroatoms. The van der Waals surface area contributed by atoms with Gasteiger partial charge in [0, 0.05) is 18.7 Å². The smallest absolute Gasteiger partial charge is 0.262 e. The summed E-state index contributed by atoms with van der Waals surface area (Å²) >= 11 is 1.41. The molecule has 158 valence electrons. The van der Waals surface area contributed by atoms with Crippen LogP contribution < -0.4 is 5.32 Å². The van der Waals surface area contributed by atoms with Gasteiger partial charge >= 0.3 is 0 Å². The number of nitrogens with one attached hydrogen (secondary N) is 1. The van der Waals surface area contributed by atoms with E-state index < -0.39 is 10.0 Å². The van der Waals surface area contributed by atoms with Crippen LogP contribution in [-0.2, 0) is 10.0 Å². The number of rotatable bonds is 8. The molecule has 5 nitrogen and oxygen atoms in total. The molecule has 0 aliphatic heterocycles. The number of thiophene rings is 1. The molecule has 1 atom stereocenters. The van der Waals surface area contributed by atoms with Gasteiger partial charge in [-0.3, -0.25) is 4.79 Å². The Hall–Kier alpha value is -2.48. The lowest BCUT2D eigenvalue weighted by molar-refractivity contribution is 0.0944. The fourth-order valence-electron chi connectivity index (χ4n) is 3.32. The van der Waals surface area contributed by atoms with Crippen LogP contribution in [0.2, 0.25) is 0 Å². The van der Waals surface area contributed by atoms with Gasteiger partial charge in [-0.2, -0.15) is 4.31 Å². The van der Waals surface area contributed by atoms with Gasteiger partial charge in [0.05, 0.1) is 15.8 Å². The first-order valence-corrected chi connectivity index (χ1v) is 12.2. The number of amides is 1. The molecule has 0 radical (unpaired) electrons. The Morgan fingerprint density at radius 1 is 1.00 bits per heavy atom. The molecule has 0 aliphatic rings. The highest BCUT2D eigenvalue weighted by molar-refractivity contribution is 7.89. The van der Waals surface area contributed by atoms with E-state index >= 15 is 0 Å². The average molecular weight is 443 g/mol. The van der Waals surface area contributed by atoms with E-state index in [0.29, 0.717) is 18.0 Å². The second-order valence-electron chi connectivity index (χ2n) is 6.88. The van der Waals surface area contributed by atoms with Crippen molar-refractivity contribution in [2.45, 2.75) is 31.7 Å². The van der Waals surface area contributed by atoms with Gasteiger partial charge in [-0.05, 0) is 41.6 Å². The predicted molar refractivity (Wildman–Crippen MR) is 122 cm³/mol. The highest BCUT2D eigenvalue weighted by atomic mass is 32.2. The lowest BCUT2D eigenvalue weighted by Gasteiger charge is -2.19. The maximum atomic E-state index is 12.9. The fraction of sp³-hybridized carbons (Fsp3) is 0.261. The number of benzene rings is 2. The third-order valence-electron chi connectivity index (χ3n) is 5.03. The SMILES string of the molecule is CCN(CC)S(=O)(=O)c1ccc(C(C)NC(=O)c2sccc2-c2ccccc2)cc1. The van der Waals surface area contributed by atoms with Gasteiger partial charge in [0.15, 0.2) is 0 Å². The second-order valence-corrected chi connectivity index (χ2v) is 9.74. The summed E-state index contributed by atoms with van der Waals surface area (Å²) in [4.78, 5) is 13.8. The van der Waals surface area contributed by atoms with E-state index in [1.165, 1.54) is 15.6 Å². The first-order chi connectivity index (χ1) is 14.4. The summed E-state index contributed by atoms with van der Waals surface area (Å²) in [5, 5.41) is 4.94. The van der Waals surface area contributed by atoms with Crippen molar-refractivity contribution in [2.24, 2.45) is 0 Å². The Morgan fingerprint density at radius 3 is 2.23 bits per heavy atom. The molecule has 0 spiro atoms. The van der Waals surface area contributed by atoms with E-state index in [9.17, 15) is 13.2 Å². The lowest BCUT2D eigenvalue weighted by atomic mass is 10.1. The van der Waals surface area contributed by atoms with Crippen LogP contribution in [0, 0.1) is 0 Å². The van der Waals surface area contributed by atoms with Crippen molar-refractivity contribution in [1.82, 2.24) is 9.62 Å². The molecule has 0 bridgehead atoms. The number of hydrogen-bond acceptors (Lipinski definition) is 4. The average Bonchev–Trinajstić information content (AvgIpc) is 3.25. The summed E-state index contributed by atoms with van der Waals surface area (Å²) in [5.41, 5.74) is 2.76. The number of hydrogen-bond donors (Lipinski definition) is 1. The zero-order valence-electron chi connectivity index (χ0n) is 17.3. The quantitative estimate of drug-likeness (QED) is 0.537. The molecule has 0 saturated heterocycles. The Bertz CT molecular complexity index is 1090. The minimum atomic E-state index is -3.49. The molecule has 1 amide bonds. The molecule has 3 rings (SSSR count). The third-order valence-corrected chi connectivity index (χ3v) is 8.00. The van der Waals surface area contributed by atoms with Crippen molar-refractivity contribution >= 4 is 27.3 Å². The maximum absolute atomic E-state index is 12.9. The monoisotopic (exact) mass is 442 g/mol. The van der Waals surface area contributed by atoms with Gasteiger partial charge in [0.1, 0.15) is 0 Å². The van der Waals surface area contributed by atoms with E-state index in [4.69, 9.17) is 0 Å². The van der Waals surface area contributed by atoms with Crippen LogP contribution in [0.25, 0.3) is 11.1 Å². The van der Waals surface area contributed by atoms with E-state index in [1.807, 2.05) is 62.5 Å². The number of carbonyl (C=O) groups is 1. The van der Waals surface area contributed by atoms with Crippen LogP contribution in [0.4, 0.5) is 0 Å². The number of nitrogens with zero attached hydrogens (tertiary/aromatic N) is 1. The third kappa shape index (κ3) is 4.64. The molecule has 0 aliphatic carbocycles. The lowest BCUT2D eigenvalue weighted by Crippen LogP contribution is -2.30. The topological polar surface area (TPSA) is 66.5 Å². The van der Waals surface area contributed by atoms with Crippen molar-refractivity contribution in [3.8, 4) is 11.1 Å². The van der Waals surface area contributed by atoms with Crippen molar-refractivity contribution in [3.05, 3.63) is 76.5 Å². The van der Waals surface area contributed by atoms with E-state index in [1.54, 1.807) is 24.3 Å². The first kappa shape index (κ1) is 22.2. The summed E-state index contributed by atoms with van der Waals surface area (Å²) < 4.78 is 26.7. The van der Waals surface area contributed by atoms with Gasteiger partial charge in [-0.25, -0.2) is 8.42 Å². The minimum absolute atomic E-state index is 0.142. The van der Waals surface area contributed by atoms with Gasteiger partial charge in [0.25, 0.3) is 5.91 Å². The summed E-state index contributed by atoms with van der Waals surface area (Å²) in [6.07, 6.45) is 0. The predicted octanol–water partition coefficient (Wildman–Crippen LogP) is 4.94. The Labute approximate surface area is 182 Å². The summed E-state index contributed by atoms with van der Waals surface area (Å²) in [7, 11) is -3.49. The molecule has 1 unspecified atom stereocenters. The van der Waals surface area contributed by atoms with Gasteiger partial charge in [0.2, 0.25) is 10.0 Å². The van der Waals surface area contributed by atoms with E-state index in [2.05, 4.69) is 5.32 Å². The minimum Gasteiger partial charge on any atom is -0.345 e. The molecular formula is C23H26N2O3S2. The second kappa shape index (κ2) is 9.55. The summed E-state index contributed by atoms with van der Waals surface area (Å²) in [5.74, 6) is -0.142. The first-order valence-electron chi connectivity index (χ1n) is 9.92. The molecular weight excluding hydrogens is 416 g/mol. The molecule has 0 saturated carbocycles. The van der Waals surface area contributed by atoms with Crippen molar-refractivity contribution < 1.29 is 13.2 Å². The maximum Gasteiger partial charge on any atom is 0.262 e. The normalized spacial score (nSPS) is 12.7. The zero-order valence-corrected chi connectivity index (χ0v) is 19.0. The molecule has 1 heterocycles. The Morgan fingerprint density at radius 2 is 1.63 bits per heavy atom. The number of sulfonamides is 1. The fourth-order valence-corrected chi connectivity index (χ4v) is 5.59. The highest BCUT2D eigenvalue weighted by Crippen LogP contribution is 2.29. The molecule has 30 heavy (non-hydrogen) atoms. The largest absolute Gasteiger partial charge is 0.345 e. The van der Waals surface area contributed by atoms with Crippen molar-refractivity contribution in [2.75, 3.05) is 13.1 Å². The van der Waals surface area contributed by atoms with Crippen LogP contribution in [0.3, 0.4) is 0 Å². The molecule has 3 aromatic rings. The Kier molecular flexibility index (Phi) is 7.07. The molecule has 1 N–H and O–H groups in total. The summed E-state index contributed by atoms with van der Waals surface area (Å²) in [6, 6.07) is 18.2. The molecule has 0 fully saturated rings. The van der Waals surface area contributed by atoms with Gasteiger partial charge in [-0.15, -0.1) is 11.3 Å². The molecule has 2 aromatic carbocycles. The highest BCUT2D eigenvalue weighted by Gasteiger charge is 2.22. The Balaban J connectivity index is 1.75. The van der Waals surface area contributed by atoms with Gasteiger partial charge < -0.3 is 5.32 Å². The summed E-state index contributed by atoms with van der Waals surface area (Å²) in [6.45, 7) is 6.39. The standard InChI is InChI=1S/C23H26N2O3S2/c1-4-25(5-2)30(27,28)20-13-11-18(12-14-20)17(3)24-23(26)22-21(15-16-29-22)19-9-7-6-8-10-19/h6-17H,4-5H2,1-3H3,(H,24,26). The van der Waals surface area contributed by atoms with Crippen LogP contribution in [0.1, 0.15) is 42.0 Å². The van der Waals surface area contributed by atoms with Crippen molar-refractivity contribution in [1.29, 1.82) is 0 Å². The van der Waals surface area contributed by atoms with Crippen LogP contribution in [0.15, 0.2) is 70.9 Å². The van der Waals surface area contributed by atoms with Crippen LogP contribution >= 0.6 is 11.3 Å².